The average Bonchev–Trinajstić information content (AvgIpc) is 2.36. The Bertz CT molecular complexity index is 218. The summed E-state index contributed by atoms with van der Waals surface area (Å²) >= 11 is 0. The molecule has 0 aliphatic rings. The maximum absolute atomic E-state index is 12.1. The molecule has 0 aromatic carbocycles. The highest BCUT2D eigenvalue weighted by Crippen LogP contribution is 2.21. The number of hydrogen-bond donors (Lipinski definition) is 0. The van der Waals surface area contributed by atoms with Crippen molar-refractivity contribution in [3.8, 4) is 0 Å². The summed E-state index contributed by atoms with van der Waals surface area (Å²) in [5, 5.41) is 0. The van der Waals surface area contributed by atoms with E-state index in [-0.39, 0.29) is 5.92 Å². The molecule has 0 aromatic heterocycles. The van der Waals surface area contributed by atoms with Crippen LogP contribution >= 0.6 is 0 Å². The van der Waals surface area contributed by atoms with Crippen molar-refractivity contribution >= 4 is 5.78 Å². The van der Waals surface area contributed by atoms with Gasteiger partial charge in [-0.1, -0.05) is 71.8 Å². The van der Waals surface area contributed by atoms with Crippen LogP contribution in [0.2, 0.25) is 0 Å². The SMILES string of the molecule is C=C(C)C(=O)C(CCCCCC)CCCCCC. The Hall–Kier alpha value is -0.590. The summed E-state index contributed by atoms with van der Waals surface area (Å²) in [7, 11) is 0. The summed E-state index contributed by atoms with van der Waals surface area (Å²) in [5.41, 5.74) is 0.742. The van der Waals surface area contributed by atoms with E-state index in [0.29, 0.717) is 5.78 Å². The van der Waals surface area contributed by atoms with E-state index in [4.69, 9.17) is 0 Å². The van der Waals surface area contributed by atoms with E-state index in [1.54, 1.807) is 0 Å². The highest BCUT2D eigenvalue weighted by Gasteiger charge is 2.17. The van der Waals surface area contributed by atoms with Gasteiger partial charge in [-0.05, 0) is 25.3 Å². The molecule has 18 heavy (non-hydrogen) atoms. The molecular formula is C17H32O. The van der Waals surface area contributed by atoms with E-state index in [0.717, 1.165) is 18.4 Å². The smallest absolute Gasteiger partial charge is 0.161 e. The predicted molar refractivity (Wildman–Crippen MR) is 80.8 cm³/mol. The van der Waals surface area contributed by atoms with Gasteiger partial charge in [-0.3, -0.25) is 4.79 Å². The van der Waals surface area contributed by atoms with Crippen LogP contribution in [0.15, 0.2) is 12.2 Å². The lowest BCUT2D eigenvalue weighted by atomic mass is 9.88. The number of hydrogen-bond acceptors (Lipinski definition) is 1. The lowest BCUT2D eigenvalue weighted by molar-refractivity contribution is -0.119. The van der Waals surface area contributed by atoms with Crippen LogP contribution in [-0.4, -0.2) is 5.78 Å². The Kier molecular flexibility index (Phi) is 11.1. The van der Waals surface area contributed by atoms with Crippen molar-refractivity contribution in [3.63, 3.8) is 0 Å². The summed E-state index contributed by atoms with van der Waals surface area (Å²) in [6.07, 6.45) is 12.2. The molecule has 0 radical (unpaired) electrons. The first kappa shape index (κ1) is 17.4. The summed E-state index contributed by atoms with van der Waals surface area (Å²) in [6, 6.07) is 0. The predicted octanol–water partition coefficient (Wildman–Crippen LogP) is 5.69. The summed E-state index contributed by atoms with van der Waals surface area (Å²) in [6.45, 7) is 10.1. The van der Waals surface area contributed by atoms with Crippen molar-refractivity contribution in [2.24, 2.45) is 5.92 Å². The third kappa shape index (κ3) is 8.49. The maximum atomic E-state index is 12.1. The summed E-state index contributed by atoms with van der Waals surface area (Å²) < 4.78 is 0. The molecule has 1 heteroatoms. The third-order valence-corrected chi connectivity index (χ3v) is 3.60. The molecule has 0 unspecified atom stereocenters. The van der Waals surface area contributed by atoms with Crippen molar-refractivity contribution in [3.05, 3.63) is 12.2 Å². The molecule has 0 bridgehead atoms. The van der Waals surface area contributed by atoms with Crippen LogP contribution < -0.4 is 0 Å². The fourth-order valence-electron chi connectivity index (χ4n) is 2.39. The molecular weight excluding hydrogens is 220 g/mol. The molecule has 1 nitrogen and oxygen atoms in total. The van der Waals surface area contributed by atoms with Gasteiger partial charge in [0, 0.05) is 5.92 Å². The van der Waals surface area contributed by atoms with Crippen LogP contribution in [0.5, 0.6) is 0 Å². The topological polar surface area (TPSA) is 17.1 Å². The summed E-state index contributed by atoms with van der Waals surface area (Å²) in [5.74, 6) is 0.555. The molecule has 0 aromatic rings. The van der Waals surface area contributed by atoms with Crippen LogP contribution in [0.25, 0.3) is 0 Å². The second kappa shape index (κ2) is 11.5. The van der Waals surface area contributed by atoms with E-state index >= 15 is 0 Å². The Labute approximate surface area is 114 Å². The minimum atomic E-state index is 0.246. The molecule has 0 amide bonds. The largest absolute Gasteiger partial charge is 0.294 e. The molecule has 0 aliphatic heterocycles. The Morgan fingerprint density at radius 3 is 1.67 bits per heavy atom. The van der Waals surface area contributed by atoms with Gasteiger partial charge in [0.2, 0.25) is 0 Å². The normalized spacial score (nSPS) is 10.9. The zero-order valence-corrected chi connectivity index (χ0v) is 12.8. The van der Waals surface area contributed by atoms with Crippen molar-refractivity contribution in [2.45, 2.75) is 85.0 Å². The van der Waals surface area contributed by atoms with E-state index in [9.17, 15) is 4.79 Å². The minimum absolute atomic E-state index is 0.246. The Morgan fingerprint density at radius 2 is 1.33 bits per heavy atom. The van der Waals surface area contributed by atoms with E-state index in [1.165, 1.54) is 51.4 Å². The number of unbranched alkanes of at least 4 members (excludes halogenated alkanes) is 6. The number of Topliss-reactive ketones (excluding diaryl/α,β-unsaturated/α-hetero) is 1. The Morgan fingerprint density at radius 1 is 0.889 bits per heavy atom. The van der Waals surface area contributed by atoms with Crippen molar-refractivity contribution in [1.82, 2.24) is 0 Å². The lowest BCUT2D eigenvalue weighted by Gasteiger charge is -2.15. The maximum Gasteiger partial charge on any atom is 0.161 e. The standard InChI is InChI=1S/C17H32O/c1-5-7-9-11-13-16(17(18)15(3)4)14-12-10-8-6-2/h16H,3,5-14H2,1-2,4H3. The monoisotopic (exact) mass is 252 g/mol. The van der Waals surface area contributed by atoms with Crippen LogP contribution in [0, 0.1) is 5.92 Å². The Balaban J connectivity index is 4.00. The van der Waals surface area contributed by atoms with Crippen LogP contribution in [-0.2, 0) is 4.79 Å². The van der Waals surface area contributed by atoms with Gasteiger partial charge in [0.1, 0.15) is 0 Å². The van der Waals surface area contributed by atoms with E-state index in [2.05, 4.69) is 20.4 Å². The van der Waals surface area contributed by atoms with Gasteiger partial charge in [-0.2, -0.15) is 0 Å². The molecule has 0 rings (SSSR count). The lowest BCUT2D eigenvalue weighted by Crippen LogP contribution is -2.15. The zero-order valence-electron chi connectivity index (χ0n) is 12.8. The highest BCUT2D eigenvalue weighted by molar-refractivity contribution is 5.95. The van der Waals surface area contributed by atoms with Gasteiger partial charge < -0.3 is 0 Å². The molecule has 0 spiro atoms. The van der Waals surface area contributed by atoms with Gasteiger partial charge in [-0.25, -0.2) is 0 Å². The van der Waals surface area contributed by atoms with Crippen LogP contribution in [0.1, 0.15) is 85.0 Å². The fourth-order valence-corrected chi connectivity index (χ4v) is 2.39. The second-order valence-electron chi connectivity index (χ2n) is 5.54. The van der Waals surface area contributed by atoms with Gasteiger partial charge in [0.15, 0.2) is 5.78 Å². The highest BCUT2D eigenvalue weighted by atomic mass is 16.1. The molecule has 0 saturated carbocycles. The number of carbonyl (C=O) groups excluding carboxylic acids is 1. The van der Waals surface area contributed by atoms with Gasteiger partial charge in [0.05, 0.1) is 0 Å². The molecule has 0 heterocycles. The van der Waals surface area contributed by atoms with Crippen molar-refractivity contribution < 1.29 is 4.79 Å². The molecule has 106 valence electrons. The first-order valence-corrected chi connectivity index (χ1v) is 7.83. The zero-order chi connectivity index (χ0) is 13.8. The van der Waals surface area contributed by atoms with Gasteiger partial charge in [0.25, 0.3) is 0 Å². The first-order chi connectivity index (χ1) is 8.63. The van der Waals surface area contributed by atoms with E-state index in [1.807, 2.05) is 6.92 Å². The minimum Gasteiger partial charge on any atom is -0.294 e. The van der Waals surface area contributed by atoms with Crippen molar-refractivity contribution in [1.29, 1.82) is 0 Å². The first-order valence-electron chi connectivity index (χ1n) is 7.83. The number of ketones is 1. The van der Waals surface area contributed by atoms with Crippen molar-refractivity contribution in [2.75, 3.05) is 0 Å². The van der Waals surface area contributed by atoms with Gasteiger partial charge >= 0.3 is 0 Å². The number of allylic oxidation sites excluding steroid dienone is 1. The number of rotatable bonds is 12. The van der Waals surface area contributed by atoms with Crippen LogP contribution in [0.4, 0.5) is 0 Å². The summed E-state index contributed by atoms with van der Waals surface area (Å²) in [4.78, 5) is 12.1. The molecule has 0 aliphatic carbocycles. The molecule has 0 saturated heterocycles. The third-order valence-electron chi connectivity index (χ3n) is 3.60. The molecule has 0 atom stereocenters. The molecule has 0 fully saturated rings. The fraction of sp³-hybridized carbons (Fsp3) is 0.824. The van der Waals surface area contributed by atoms with E-state index < -0.39 is 0 Å². The molecule has 0 N–H and O–H groups in total. The van der Waals surface area contributed by atoms with Gasteiger partial charge in [-0.15, -0.1) is 0 Å². The second-order valence-corrected chi connectivity index (χ2v) is 5.54. The number of carbonyl (C=O) groups is 1. The van der Waals surface area contributed by atoms with Crippen LogP contribution in [0.3, 0.4) is 0 Å². The quantitative estimate of drug-likeness (QED) is 0.322. The average molecular weight is 252 g/mol.